The number of nitrogens with zero attached hydrogens (tertiary/aromatic N) is 2. The number of rotatable bonds is 6. The van der Waals surface area contributed by atoms with Gasteiger partial charge in [0, 0.05) is 36.3 Å². The highest BCUT2D eigenvalue weighted by Gasteiger charge is 2.21. The lowest BCUT2D eigenvalue weighted by Gasteiger charge is -2.18. The molecule has 0 saturated carbocycles. The van der Waals surface area contributed by atoms with Gasteiger partial charge < -0.3 is 5.32 Å². The van der Waals surface area contributed by atoms with Gasteiger partial charge >= 0.3 is 0 Å². The Balaban J connectivity index is 1.67. The summed E-state index contributed by atoms with van der Waals surface area (Å²) in [5.74, 6) is -0.0984. The summed E-state index contributed by atoms with van der Waals surface area (Å²) in [7, 11) is 0. The van der Waals surface area contributed by atoms with Crippen molar-refractivity contribution in [3.63, 3.8) is 0 Å². The number of hydrogen-bond donors (Lipinski definition) is 1. The Morgan fingerprint density at radius 3 is 2.15 bits per heavy atom. The summed E-state index contributed by atoms with van der Waals surface area (Å²) < 4.78 is 0. The van der Waals surface area contributed by atoms with E-state index >= 15 is 0 Å². The fraction of sp³-hybridized carbons (Fsp3) is 0.0690. The molecule has 5 aromatic rings. The van der Waals surface area contributed by atoms with Gasteiger partial charge in [0.25, 0.3) is 5.91 Å². The molecule has 0 radical (unpaired) electrons. The number of fused-ring (bicyclic) bond motifs is 1. The number of hydrogen-bond acceptors (Lipinski definition) is 3. The Hall–Kier alpha value is -4.31. The molecule has 0 saturated heterocycles. The van der Waals surface area contributed by atoms with E-state index in [9.17, 15) is 4.79 Å². The maximum absolute atomic E-state index is 13.7. The average molecular weight is 430 g/mol. The van der Waals surface area contributed by atoms with Gasteiger partial charge in [0.15, 0.2) is 0 Å². The third-order valence-electron chi connectivity index (χ3n) is 5.69. The Morgan fingerprint density at radius 2 is 1.39 bits per heavy atom. The van der Waals surface area contributed by atoms with E-state index in [4.69, 9.17) is 4.98 Å². The zero-order valence-electron chi connectivity index (χ0n) is 18.1. The maximum Gasteiger partial charge on any atom is 0.252 e. The van der Waals surface area contributed by atoms with E-state index in [-0.39, 0.29) is 5.91 Å². The monoisotopic (exact) mass is 429 g/mol. The van der Waals surface area contributed by atoms with Crippen molar-refractivity contribution in [1.82, 2.24) is 15.3 Å². The maximum atomic E-state index is 13.7. The third kappa shape index (κ3) is 4.51. The van der Waals surface area contributed by atoms with Crippen LogP contribution in [-0.4, -0.2) is 15.9 Å². The first-order chi connectivity index (χ1) is 16.3. The standard InChI is InChI=1S/C29H23N3O/c33-29(31-20-22-9-3-1-4-10-22)27-24-13-7-8-14-26(24)32-28(23-11-5-2-6-12-23)25(27)19-21-15-17-30-18-16-21/h1-18H,19-20H2,(H,31,33). The lowest BCUT2D eigenvalue weighted by molar-refractivity contribution is 0.0951. The van der Waals surface area contributed by atoms with E-state index in [0.717, 1.165) is 38.9 Å². The molecule has 4 heteroatoms. The first-order valence-corrected chi connectivity index (χ1v) is 11.0. The molecule has 0 spiro atoms. The van der Waals surface area contributed by atoms with Crippen LogP contribution in [0.3, 0.4) is 0 Å². The van der Waals surface area contributed by atoms with E-state index in [1.165, 1.54) is 0 Å². The van der Waals surface area contributed by atoms with Crippen LogP contribution >= 0.6 is 0 Å². The first kappa shape index (κ1) is 20.6. The molecule has 160 valence electrons. The molecule has 4 nitrogen and oxygen atoms in total. The number of carbonyl (C=O) groups excluding carboxylic acids is 1. The van der Waals surface area contributed by atoms with Crippen LogP contribution in [0.15, 0.2) is 109 Å². The number of para-hydroxylation sites is 1. The molecule has 1 N–H and O–H groups in total. The van der Waals surface area contributed by atoms with Crippen molar-refractivity contribution in [2.75, 3.05) is 0 Å². The van der Waals surface area contributed by atoms with Crippen LogP contribution in [0.2, 0.25) is 0 Å². The van der Waals surface area contributed by atoms with Crippen molar-refractivity contribution in [2.45, 2.75) is 13.0 Å². The minimum Gasteiger partial charge on any atom is -0.348 e. The van der Waals surface area contributed by atoms with Gasteiger partial charge in [-0.05, 0) is 34.9 Å². The van der Waals surface area contributed by atoms with Crippen LogP contribution in [0, 0.1) is 0 Å². The molecule has 0 atom stereocenters. The summed E-state index contributed by atoms with van der Waals surface area (Å²) >= 11 is 0. The molecule has 0 aliphatic rings. The molecule has 0 bridgehead atoms. The van der Waals surface area contributed by atoms with Gasteiger partial charge in [-0.25, -0.2) is 4.98 Å². The molecule has 5 rings (SSSR count). The van der Waals surface area contributed by atoms with Gasteiger partial charge in [-0.3, -0.25) is 9.78 Å². The smallest absolute Gasteiger partial charge is 0.252 e. The van der Waals surface area contributed by atoms with Gasteiger partial charge in [0.1, 0.15) is 0 Å². The SMILES string of the molecule is O=C(NCc1ccccc1)c1c(Cc2ccncc2)c(-c2ccccc2)nc2ccccc12. The molecule has 0 fully saturated rings. The van der Waals surface area contributed by atoms with Crippen LogP contribution in [0.25, 0.3) is 22.2 Å². The van der Waals surface area contributed by atoms with E-state index in [0.29, 0.717) is 18.5 Å². The normalized spacial score (nSPS) is 10.8. The number of carbonyl (C=O) groups is 1. The number of pyridine rings is 2. The highest BCUT2D eigenvalue weighted by molar-refractivity contribution is 6.09. The number of benzene rings is 3. The predicted molar refractivity (Wildman–Crippen MR) is 132 cm³/mol. The number of aromatic nitrogens is 2. The number of amides is 1. The molecule has 2 heterocycles. The Labute approximate surface area is 193 Å². The summed E-state index contributed by atoms with van der Waals surface area (Å²) in [4.78, 5) is 22.8. The second kappa shape index (κ2) is 9.45. The van der Waals surface area contributed by atoms with Gasteiger partial charge in [0.05, 0.1) is 16.8 Å². The van der Waals surface area contributed by atoms with Crippen molar-refractivity contribution < 1.29 is 4.79 Å². The summed E-state index contributed by atoms with van der Waals surface area (Å²) in [6.45, 7) is 0.464. The zero-order valence-corrected chi connectivity index (χ0v) is 18.1. The molecular weight excluding hydrogens is 406 g/mol. The predicted octanol–water partition coefficient (Wildman–Crippen LogP) is 5.82. The second-order valence-corrected chi connectivity index (χ2v) is 7.90. The van der Waals surface area contributed by atoms with Gasteiger partial charge in [-0.15, -0.1) is 0 Å². The molecule has 3 aromatic carbocycles. The van der Waals surface area contributed by atoms with Gasteiger partial charge in [0.2, 0.25) is 0 Å². The molecular formula is C29H23N3O. The lowest BCUT2D eigenvalue weighted by Crippen LogP contribution is -2.25. The van der Waals surface area contributed by atoms with Crippen molar-refractivity contribution in [2.24, 2.45) is 0 Å². The summed E-state index contributed by atoms with van der Waals surface area (Å²) in [5, 5.41) is 3.99. The summed E-state index contributed by atoms with van der Waals surface area (Å²) in [6.07, 6.45) is 4.14. The molecule has 2 aromatic heterocycles. The fourth-order valence-corrected chi connectivity index (χ4v) is 4.09. The average Bonchev–Trinajstić information content (AvgIpc) is 2.88. The van der Waals surface area contributed by atoms with Gasteiger partial charge in [-0.1, -0.05) is 78.9 Å². The van der Waals surface area contributed by atoms with E-state index < -0.39 is 0 Å². The van der Waals surface area contributed by atoms with E-state index in [2.05, 4.69) is 10.3 Å². The van der Waals surface area contributed by atoms with Crippen LogP contribution in [0.5, 0.6) is 0 Å². The highest BCUT2D eigenvalue weighted by Crippen LogP contribution is 2.32. The van der Waals surface area contributed by atoms with E-state index in [1.807, 2.05) is 97.1 Å². The Bertz CT molecular complexity index is 1380. The van der Waals surface area contributed by atoms with Crippen molar-refractivity contribution >= 4 is 16.8 Å². The molecule has 0 aliphatic heterocycles. The van der Waals surface area contributed by atoms with Crippen molar-refractivity contribution in [3.8, 4) is 11.3 Å². The molecule has 1 amide bonds. The Kier molecular flexibility index (Phi) is 5.89. The van der Waals surface area contributed by atoms with E-state index in [1.54, 1.807) is 12.4 Å². The van der Waals surface area contributed by atoms with Crippen LogP contribution in [-0.2, 0) is 13.0 Å². The third-order valence-corrected chi connectivity index (χ3v) is 5.69. The largest absolute Gasteiger partial charge is 0.348 e. The molecule has 0 unspecified atom stereocenters. The topological polar surface area (TPSA) is 54.9 Å². The quantitative estimate of drug-likeness (QED) is 0.370. The number of nitrogens with one attached hydrogen (secondary N) is 1. The second-order valence-electron chi connectivity index (χ2n) is 7.90. The molecule has 33 heavy (non-hydrogen) atoms. The van der Waals surface area contributed by atoms with Crippen molar-refractivity contribution in [3.05, 3.63) is 132 Å². The molecule has 0 aliphatic carbocycles. The van der Waals surface area contributed by atoms with Crippen molar-refractivity contribution in [1.29, 1.82) is 0 Å². The summed E-state index contributed by atoms with van der Waals surface area (Å²) in [5.41, 5.74) is 6.35. The van der Waals surface area contributed by atoms with Crippen LogP contribution in [0.4, 0.5) is 0 Å². The van der Waals surface area contributed by atoms with Crippen LogP contribution < -0.4 is 5.32 Å². The minimum atomic E-state index is -0.0984. The summed E-state index contributed by atoms with van der Waals surface area (Å²) in [6, 6.07) is 31.8. The highest BCUT2D eigenvalue weighted by atomic mass is 16.1. The lowest BCUT2D eigenvalue weighted by atomic mass is 9.92. The van der Waals surface area contributed by atoms with Gasteiger partial charge in [-0.2, -0.15) is 0 Å². The minimum absolute atomic E-state index is 0.0984. The fourth-order valence-electron chi connectivity index (χ4n) is 4.09. The zero-order chi connectivity index (χ0) is 22.5. The Morgan fingerprint density at radius 1 is 0.727 bits per heavy atom. The first-order valence-electron chi connectivity index (χ1n) is 11.0. The van der Waals surface area contributed by atoms with Crippen LogP contribution in [0.1, 0.15) is 27.0 Å².